The second-order valence-electron chi connectivity index (χ2n) is 5.78. The second-order valence-corrected chi connectivity index (χ2v) is 8.01. The van der Waals surface area contributed by atoms with Gasteiger partial charge in [-0.3, -0.25) is 4.79 Å². The van der Waals surface area contributed by atoms with Gasteiger partial charge in [-0.1, -0.05) is 39.8 Å². The number of carbonyl (C=O) groups is 1. The molecule has 0 unspecified atom stereocenters. The Morgan fingerprint density at radius 3 is 2.73 bits per heavy atom. The van der Waals surface area contributed by atoms with Crippen LogP contribution in [0.4, 0.5) is 5.69 Å². The molecule has 0 aliphatic heterocycles. The van der Waals surface area contributed by atoms with Crippen LogP contribution in [0.5, 0.6) is 0 Å². The maximum absolute atomic E-state index is 12.5. The molecule has 0 fully saturated rings. The quantitative estimate of drug-likeness (QED) is 0.554. The second kappa shape index (κ2) is 8.70. The lowest BCUT2D eigenvalue weighted by Crippen LogP contribution is -2.23. The summed E-state index contributed by atoms with van der Waals surface area (Å²) in [5, 5.41) is 3.48. The van der Waals surface area contributed by atoms with E-state index in [0.29, 0.717) is 13.2 Å². The van der Waals surface area contributed by atoms with Gasteiger partial charge in [-0.2, -0.15) is 0 Å². The van der Waals surface area contributed by atoms with Gasteiger partial charge < -0.3 is 14.6 Å². The summed E-state index contributed by atoms with van der Waals surface area (Å²) in [6.07, 6.45) is 0. The molecule has 7 heteroatoms. The Morgan fingerprint density at radius 1 is 1.27 bits per heavy atom. The predicted octanol–water partition coefficient (Wildman–Crippen LogP) is 4.56. The van der Waals surface area contributed by atoms with Gasteiger partial charge >= 0.3 is 0 Å². The van der Waals surface area contributed by atoms with Crippen LogP contribution in [0.15, 0.2) is 58.2 Å². The lowest BCUT2D eigenvalue weighted by atomic mass is 10.3. The standard InChI is InChI=1S/C19H20BrN3O2S/c1-13(18(24)21-15-9-7-14(20)8-10-15)26-19-22-16-5-3-4-6-17(16)23(19)11-12-25-2/h3-10,13H,11-12H2,1-2H3,(H,21,24)/t13-/m0/s1. The molecule has 0 aliphatic carbocycles. The van der Waals surface area contributed by atoms with Gasteiger partial charge in [0.05, 0.1) is 22.9 Å². The van der Waals surface area contributed by atoms with Crippen LogP contribution >= 0.6 is 27.7 Å². The third-order valence-electron chi connectivity index (χ3n) is 3.90. The lowest BCUT2D eigenvalue weighted by Gasteiger charge is -2.13. The Labute approximate surface area is 165 Å². The van der Waals surface area contributed by atoms with Gasteiger partial charge in [0.15, 0.2) is 5.16 Å². The molecule has 2 aromatic carbocycles. The number of amides is 1. The number of halogens is 1. The summed E-state index contributed by atoms with van der Waals surface area (Å²) in [7, 11) is 1.68. The summed E-state index contributed by atoms with van der Waals surface area (Å²) in [6.45, 7) is 3.17. The van der Waals surface area contributed by atoms with Crippen LogP contribution in [0.2, 0.25) is 0 Å². The molecule has 26 heavy (non-hydrogen) atoms. The van der Waals surface area contributed by atoms with E-state index in [1.807, 2.05) is 55.5 Å². The minimum absolute atomic E-state index is 0.0531. The third-order valence-corrected chi connectivity index (χ3v) is 5.52. The molecule has 0 spiro atoms. The number of methoxy groups -OCH3 is 1. The van der Waals surface area contributed by atoms with Crippen LogP contribution < -0.4 is 5.32 Å². The molecule has 0 bridgehead atoms. The number of thioether (sulfide) groups is 1. The summed E-state index contributed by atoms with van der Waals surface area (Å²) in [6, 6.07) is 15.5. The number of fused-ring (bicyclic) bond motifs is 1. The van der Waals surface area contributed by atoms with Crippen molar-refractivity contribution in [3.8, 4) is 0 Å². The van der Waals surface area contributed by atoms with Crippen molar-refractivity contribution in [2.45, 2.75) is 23.9 Å². The van der Waals surface area contributed by atoms with E-state index in [9.17, 15) is 4.79 Å². The topological polar surface area (TPSA) is 56.1 Å². The average molecular weight is 434 g/mol. The van der Waals surface area contributed by atoms with Crippen LogP contribution in [0.1, 0.15) is 6.92 Å². The molecule has 0 aliphatic rings. The molecule has 0 saturated carbocycles. The van der Waals surface area contributed by atoms with E-state index in [0.717, 1.165) is 26.3 Å². The number of hydrogen-bond acceptors (Lipinski definition) is 4. The summed E-state index contributed by atoms with van der Waals surface area (Å²) < 4.78 is 8.30. The number of imidazole rings is 1. The smallest absolute Gasteiger partial charge is 0.237 e. The number of nitrogens with one attached hydrogen (secondary N) is 1. The van der Waals surface area contributed by atoms with Gasteiger partial charge in [0.1, 0.15) is 0 Å². The highest BCUT2D eigenvalue weighted by Gasteiger charge is 2.19. The zero-order chi connectivity index (χ0) is 18.5. The molecular formula is C19H20BrN3O2S. The molecule has 1 heterocycles. The van der Waals surface area contributed by atoms with Gasteiger partial charge in [-0.25, -0.2) is 4.98 Å². The maximum atomic E-state index is 12.5. The number of ether oxygens (including phenoxy) is 1. The molecule has 3 aromatic rings. The summed E-state index contributed by atoms with van der Waals surface area (Å²) in [4.78, 5) is 17.2. The predicted molar refractivity (Wildman–Crippen MR) is 110 cm³/mol. The van der Waals surface area contributed by atoms with E-state index < -0.39 is 0 Å². The first-order chi connectivity index (χ1) is 12.6. The third kappa shape index (κ3) is 4.47. The van der Waals surface area contributed by atoms with Crippen molar-refractivity contribution in [3.63, 3.8) is 0 Å². The Kier molecular flexibility index (Phi) is 6.34. The van der Waals surface area contributed by atoms with Crippen molar-refractivity contribution in [2.24, 2.45) is 0 Å². The van der Waals surface area contributed by atoms with Gasteiger partial charge in [-0.05, 0) is 43.3 Å². The Morgan fingerprint density at radius 2 is 2.00 bits per heavy atom. The fourth-order valence-corrected chi connectivity index (χ4v) is 3.75. The van der Waals surface area contributed by atoms with E-state index in [-0.39, 0.29) is 11.2 Å². The number of rotatable bonds is 7. The number of aromatic nitrogens is 2. The SMILES string of the molecule is COCCn1c(S[C@@H](C)C(=O)Nc2ccc(Br)cc2)nc2ccccc21. The zero-order valence-corrected chi connectivity index (χ0v) is 17.0. The van der Waals surface area contributed by atoms with Gasteiger partial charge in [-0.15, -0.1) is 0 Å². The molecule has 3 rings (SSSR count). The normalized spacial score (nSPS) is 12.3. The van der Waals surface area contributed by atoms with E-state index in [1.54, 1.807) is 7.11 Å². The number of carbonyl (C=O) groups excluding carboxylic acids is 1. The van der Waals surface area contributed by atoms with Crippen molar-refractivity contribution in [2.75, 3.05) is 19.0 Å². The van der Waals surface area contributed by atoms with Crippen molar-refractivity contribution < 1.29 is 9.53 Å². The van der Waals surface area contributed by atoms with Gasteiger partial charge in [0.25, 0.3) is 0 Å². The lowest BCUT2D eigenvalue weighted by molar-refractivity contribution is -0.115. The van der Waals surface area contributed by atoms with Crippen LogP contribution in [-0.4, -0.2) is 34.4 Å². The van der Waals surface area contributed by atoms with Crippen molar-refractivity contribution in [3.05, 3.63) is 53.0 Å². The highest BCUT2D eigenvalue weighted by Crippen LogP contribution is 2.28. The van der Waals surface area contributed by atoms with Crippen LogP contribution in [-0.2, 0) is 16.1 Å². The summed E-state index contributed by atoms with van der Waals surface area (Å²) >= 11 is 4.84. The van der Waals surface area contributed by atoms with Crippen LogP contribution in [0, 0.1) is 0 Å². The monoisotopic (exact) mass is 433 g/mol. The molecule has 1 amide bonds. The Hall–Kier alpha value is -1.83. The summed E-state index contributed by atoms with van der Waals surface area (Å²) in [5.74, 6) is -0.0531. The Bertz CT molecular complexity index is 895. The van der Waals surface area contributed by atoms with Crippen molar-refractivity contribution in [1.82, 2.24) is 9.55 Å². The minimum atomic E-state index is -0.281. The van der Waals surface area contributed by atoms with Crippen molar-refractivity contribution >= 4 is 50.3 Å². The molecule has 0 saturated heterocycles. The average Bonchev–Trinajstić information content (AvgIpc) is 2.98. The van der Waals surface area contributed by atoms with Gasteiger partial charge in [0.2, 0.25) is 5.91 Å². The Balaban J connectivity index is 1.76. The number of anilines is 1. The fraction of sp³-hybridized carbons (Fsp3) is 0.263. The highest BCUT2D eigenvalue weighted by molar-refractivity contribution is 9.10. The van der Waals surface area contributed by atoms with E-state index >= 15 is 0 Å². The van der Waals surface area contributed by atoms with E-state index in [1.165, 1.54) is 11.8 Å². The minimum Gasteiger partial charge on any atom is -0.383 e. The van der Waals surface area contributed by atoms with Crippen molar-refractivity contribution in [1.29, 1.82) is 0 Å². The molecule has 136 valence electrons. The first-order valence-electron chi connectivity index (χ1n) is 8.26. The number of para-hydroxylation sites is 2. The number of nitrogens with zero attached hydrogens (tertiary/aromatic N) is 2. The fourth-order valence-electron chi connectivity index (χ4n) is 2.53. The van der Waals surface area contributed by atoms with Gasteiger partial charge in [0, 0.05) is 23.8 Å². The van der Waals surface area contributed by atoms with Crippen LogP contribution in [0.25, 0.3) is 11.0 Å². The maximum Gasteiger partial charge on any atom is 0.237 e. The molecule has 1 atom stereocenters. The van der Waals surface area contributed by atoms with E-state index in [4.69, 9.17) is 9.72 Å². The molecule has 0 radical (unpaired) electrons. The van der Waals surface area contributed by atoms with E-state index in [2.05, 4.69) is 25.8 Å². The number of benzene rings is 2. The number of hydrogen-bond donors (Lipinski definition) is 1. The molecule has 1 N–H and O–H groups in total. The first-order valence-corrected chi connectivity index (χ1v) is 9.93. The van der Waals surface area contributed by atoms with Crippen LogP contribution in [0.3, 0.4) is 0 Å². The summed E-state index contributed by atoms with van der Waals surface area (Å²) in [5.41, 5.74) is 2.75. The first kappa shape index (κ1) is 18.9. The molecular weight excluding hydrogens is 414 g/mol. The largest absolute Gasteiger partial charge is 0.383 e. The highest BCUT2D eigenvalue weighted by atomic mass is 79.9. The molecule has 5 nitrogen and oxygen atoms in total. The zero-order valence-electron chi connectivity index (χ0n) is 14.6. The molecule has 1 aromatic heterocycles.